The van der Waals surface area contributed by atoms with Crippen LogP contribution in [0.5, 0.6) is 5.88 Å². The van der Waals surface area contributed by atoms with E-state index in [2.05, 4.69) is 42.6 Å². The van der Waals surface area contributed by atoms with Crippen molar-refractivity contribution < 1.29 is 41.4 Å². The lowest BCUT2D eigenvalue weighted by molar-refractivity contribution is -0.192. The monoisotopic (exact) mass is 592 g/mol. The number of anilines is 5. The van der Waals surface area contributed by atoms with Crippen molar-refractivity contribution in [1.82, 2.24) is 24.7 Å². The molecule has 1 amide bonds. The lowest BCUT2D eigenvalue weighted by Crippen LogP contribution is -2.21. The van der Waals surface area contributed by atoms with Crippen LogP contribution < -0.4 is 20.7 Å². The molecule has 4 aromatic rings. The van der Waals surface area contributed by atoms with Gasteiger partial charge < -0.3 is 25.8 Å². The molecule has 0 bridgehead atoms. The standard InChI is InChI=1S/C23H20F2N8O2.C2HF3O2/c1-4-20(34)29-14-5-6-17(24)19(8-14)31-21-16(13-7-18(25)22(35-3)26-9-13)11-27-23(32-21)30-15-10-28-33(2)12-15;3-2(4,5)1(6)7/h4-12H,1H2,2-3H3,(H,29,34)(H2,27,30,31,32);(H,6,7). The van der Waals surface area contributed by atoms with Gasteiger partial charge in [-0.15, -0.1) is 0 Å². The number of nitrogens with zero attached hydrogens (tertiary/aromatic N) is 5. The molecule has 17 heteroatoms. The second-order valence-corrected chi connectivity index (χ2v) is 8.01. The van der Waals surface area contributed by atoms with Crippen LogP contribution in [0.15, 0.2) is 61.7 Å². The molecule has 42 heavy (non-hydrogen) atoms. The molecular weight excluding hydrogens is 571 g/mol. The number of carbonyl (C=O) groups excluding carboxylic acids is 1. The van der Waals surface area contributed by atoms with Crippen LogP contribution >= 0.6 is 0 Å². The highest BCUT2D eigenvalue weighted by atomic mass is 19.4. The van der Waals surface area contributed by atoms with Gasteiger partial charge in [0.15, 0.2) is 5.82 Å². The molecule has 0 fully saturated rings. The van der Waals surface area contributed by atoms with E-state index in [1.807, 2.05) is 0 Å². The van der Waals surface area contributed by atoms with Gasteiger partial charge in [0, 0.05) is 42.5 Å². The van der Waals surface area contributed by atoms with E-state index in [4.69, 9.17) is 14.6 Å². The second kappa shape index (κ2) is 13.2. The topological polar surface area (TPSA) is 156 Å². The zero-order chi connectivity index (χ0) is 31.0. The number of aryl methyl sites for hydroxylation is 1. The number of pyridine rings is 1. The molecule has 0 spiro atoms. The van der Waals surface area contributed by atoms with Crippen LogP contribution in [0.3, 0.4) is 0 Å². The Morgan fingerprint density at radius 3 is 2.33 bits per heavy atom. The van der Waals surface area contributed by atoms with Crippen molar-refractivity contribution in [3.05, 3.63) is 73.3 Å². The third-order valence-electron chi connectivity index (χ3n) is 4.98. The molecule has 0 unspecified atom stereocenters. The van der Waals surface area contributed by atoms with Crippen LogP contribution in [0.25, 0.3) is 11.1 Å². The van der Waals surface area contributed by atoms with Gasteiger partial charge in [0.1, 0.15) is 11.6 Å². The summed E-state index contributed by atoms with van der Waals surface area (Å²) in [6, 6.07) is 5.19. The summed E-state index contributed by atoms with van der Waals surface area (Å²) in [5.41, 5.74) is 1.65. The summed E-state index contributed by atoms with van der Waals surface area (Å²) < 4.78 is 67.2. The first kappa shape index (κ1) is 30.9. The summed E-state index contributed by atoms with van der Waals surface area (Å²) >= 11 is 0. The number of ether oxygens (including phenoxy) is 1. The van der Waals surface area contributed by atoms with Crippen LogP contribution in [0.4, 0.5) is 50.8 Å². The van der Waals surface area contributed by atoms with Crippen LogP contribution in [0.1, 0.15) is 0 Å². The van der Waals surface area contributed by atoms with Crippen molar-refractivity contribution in [3.8, 4) is 17.0 Å². The van der Waals surface area contributed by atoms with Gasteiger partial charge in [-0.25, -0.2) is 23.5 Å². The van der Waals surface area contributed by atoms with E-state index in [-0.39, 0.29) is 23.3 Å². The number of carboxylic acids is 1. The number of aromatic nitrogens is 5. The fraction of sp³-hybridized carbons (Fsp3) is 0.120. The smallest absolute Gasteiger partial charge is 0.479 e. The van der Waals surface area contributed by atoms with E-state index in [1.165, 1.54) is 43.8 Å². The number of amides is 1. The summed E-state index contributed by atoms with van der Waals surface area (Å²) in [5.74, 6) is -4.33. The van der Waals surface area contributed by atoms with E-state index in [1.54, 1.807) is 24.1 Å². The molecule has 3 heterocycles. The number of halogens is 5. The molecule has 12 nitrogen and oxygen atoms in total. The molecule has 0 atom stereocenters. The van der Waals surface area contributed by atoms with Crippen LogP contribution in [0, 0.1) is 11.6 Å². The van der Waals surface area contributed by atoms with Crippen molar-refractivity contribution in [3.63, 3.8) is 0 Å². The normalized spacial score (nSPS) is 10.6. The van der Waals surface area contributed by atoms with Crippen molar-refractivity contribution in [2.24, 2.45) is 7.05 Å². The first-order chi connectivity index (χ1) is 19.8. The number of rotatable bonds is 8. The Labute approximate surface area is 233 Å². The highest BCUT2D eigenvalue weighted by molar-refractivity contribution is 5.99. The molecule has 0 aliphatic carbocycles. The maximum absolute atomic E-state index is 14.7. The minimum Gasteiger partial charge on any atom is -0.479 e. The molecule has 0 aliphatic heterocycles. The molecule has 4 N–H and O–H groups in total. The summed E-state index contributed by atoms with van der Waals surface area (Å²) in [5, 5.41) is 19.7. The van der Waals surface area contributed by atoms with E-state index in [9.17, 15) is 26.7 Å². The molecule has 4 rings (SSSR count). The molecule has 1 aromatic carbocycles. The maximum Gasteiger partial charge on any atom is 0.490 e. The Bertz CT molecular complexity index is 1610. The Kier molecular flexibility index (Phi) is 9.69. The Hall–Kier alpha value is -5.61. The summed E-state index contributed by atoms with van der Waals surface area (Å²) in [7, 11) is 3.06. The third kappa shape index (κ3) is 8.20. The molecular formula is C25H21F5N8O4. The first-order valence-electron chi connectivity index (χ1n) is 11.4. The number of carbonyl (C=O) groups is 2. The molecule has 0 saturated heterocycles. The zero-order valence-electron chi connectivity index (χ0n) is 21.7. The summed E-state index contributed by atoms with van der Waals surface area (Å²) in [4.78, 5) is 33.2. The fourth-order valence-corrected chi connectivity index (χ4v) is 3.11. The van der Waals surface area contributed by atoms with E-state index < -0.39 is 29.7 Å². The number of carboxylic acid groups (broad SMARTS) is 1. The largest absolute Gasteiger partial charge is 0.490 e. The number of hydrogen-bond donors (Lipinski definition) is 4. The predicted octanol–water partition coefficient (Wildman–Crippen LogP) is 4.80. The molecule has 0 aliphatic rings. The third-order valence-corrected chi connectivity index (χ3v) is 4.98. The van der Waals surface area contributed by atoms with Gasteiger partial charge in [-0.05, 0) is 30.3 Å². The van der Waals surface area contributed by atoms with E-state index in [0.717, 1.165) is 6.08 Å². The Balaban J connectivity index is 0.000000616. The zero-order valence-corrected chi connectivity index (χ0v) is 21.7. The number of aliphatic carboxylic acids is 1. The fourth-order valence-electron chi connectivity index (χ4n) is 3.11. The van der Waals surface area contributed by atoms with Gasteiger partial charge in [-0.2, -0.15) is 23.3 Å². The van der Waals surface area contributed by atoms with Gasteiger partial charge in [-0.1, -0.05) is 6.58 Å². The van der Waals surface area contributed by atoms with Crippen molar-refractivity contribution in [1.29, 1.82) is 0 Å². The number of alkyl halides is 3. The SMILES string of the molecule is C=CC(=O)Nc1ccc(F)c(Nc2nc(Nc3cnn(C)c3)ncc2-c2cnc(OC)c(F)c2)c1.O=C(O)C(F)(F)F. The van der Waals surface area contributed by atoms with Gasteiger partial charge in [-0.3, -0.25) is 9.48 Å². The molecule has 0 saturated carbocycles. The van der Waals surface area contributed by atoms with Crippen molar-refractivity contribution in [2.45, 2.75) is 6.18 Å². The summed E-state index contributed by atoms with van der Waals surface area (Å²) in [6.07, 6.45) is 2.15. The Morgan fingerprint density at radius 1 is 1.05 bits per heavy atom. The average Bonchev–Trinajstić information content (AvgIpc) is 3.34. The van der Waals surface area contributed by atoms with Crippen molar-refractivity contribution in [2.75, 3.05) is 23.1 Å². The van der Waals surface area contributed by atoms with E-state index >= 15 is 0 Å². The number of methoxy groups -OCH3 is 1. The first-order valence-corrected chi connectivity index (χ1v) is 11.4. The Morgan fingerprint density at radius 2 is 1.76 bits per heavy atom. The number of hydrogen-bond acceptors (Lipinski definition) is 9. The van der Waals surface area contributed by atoms with E-state index in [0.29, 0.717) is 22.5 Å². The predicted molar refractivity (Wildman–Crippen MR) is 140 cm³/mol. The van der Waals surface area contributed by atoms with Gasteiger partial charge in [0.25, 0.3) is 0 Å². The second-order valence-electron chi connectivity index (χ2n) is 8.01. The minimum absolute atomic E-state index is 0.0149. The van der Waals surface area contributed by atoms with Gasteiger partial charge in [0.05, 0.1) is 24.7 Å². The quantitative estimate of drug-likeness (QED) is 0.166. The molecule has 3 aromatic heterocycles. The number of benzene rings is 1. The maximum atomic E-state index is 14.7. The summed E-state index contributed by atoms with van der Waals surface area (Å²) in [6.45, 7) is 3.40. The van der Waals surface area contributed by atoms with Gasteiger partial charge >= 0.3 is 12.1 Å². The highest BCUT2D eigenvalue weighted by Gasteiger charge is 2.38. The molecule has 220 valence electrons. The van der Waals surface area contributed by atoms with Crippen molar-refractivity contribution >= 4 is 40.7 Å². The van der Waals surface area contributed by atoms with Gasteiger partial charge in [0.2, 0.25) is 17.7 Å². The number of nitrogens with one attached hydrogen (secondary N) is 3. The van der Waals surface area contributed by atoms with Crippen LogP contribution in [-0.2, 0) is 16.6 Å². The van der Waals surface area contributed by atoms with Crippen LogP contribution in [0.2, 0.25) is 0 Å². The minimum atomic E-state index is -5.08. The average molecular weight is 592 g/mol. The molecule has 0 radical (unpaired) electrons. The highest BCUT2D eigenvalue weighted by Crippen LogP contribution is 2.32. The lowest BCUT2D eigenvalue weighted by atomic mass is 10.1. The lowest BCUT2D eigenvalue weighted by Gasteiger charge is -2.14. The van der Waals surface area contributed by atoms with Crippen LogP contribution in [-0.4, -0.2) is 55.0 Å².